The topological polar surface area (TPSA) is 67.5 Å². The van der Waals surface area contributed by atoms with Crippen LogP contribution < -0.4 is 0 Å². The van der Waals surface area contributed by atoms with Gasteiger partial charge in [-0.05, 0) is 31.0 Å². The van der Waals surface area contributed by atoms with Crippen molar-refractivity contribution in [2.24, 2.45) is 0 Å². The average Bonchev–Trinajstić information content (AvgIpc) is 2.73. The van der Waals surface area contributed by atoms with E-state index in [1.165, 1.54) is 6.07 Å². The van der Waals surface area contributed by atoms with Crippen molar-refractivity contribution in [1.82, 2.24) is 0 Å². The molecule has 0 radical (unpaired) electrons. The summed E-state index contributed by atoms with van der Waals surface area (Å²) in [6.45, 7) is 3.57. The molecule has 0 saturated heterocycles. The Balaban J connectivity index is 2.07. The van der Waals surface area contributed by atoms with E-state index in [0.717, 1.165) is 11.1 Å². The van der Waals surface area contributed by atoms with Crippen LogP contribution in [0.4, 0.5) is 0 Å². The van der Waals surface area contributed by atoms with Crippen molar-refractivity contribution in [2.75, 3.05) is 0 Å². The number of carboxylic acids is 1. The lowest BCUT2D eigenvalue weighted by Gasteiger charge is -2.04. The van der Waals surface area contributed by atoms with Gasteiger partial charge in [0.05, 0.1) is 5.75 Å². The van der Waals surface area contributed by atoms with Crippen LogP contribution in [0.5, 0.6) is 0 Å². The number of benzene rings is 1. The first-order valence-corrected chi connectivity index (χ1v) is 7.68. The summed E-state index contributed by atoms with van der Waals surface area (Å²) in [6, 6.07) is 9.23. The van der Waals surface area contributed by atoms with E-state index in [9.17, 15) is 9.00 Å². The van der Waals surface area contributed by atoms with Gasteiger partial charge in [-0.1, -0.05) is 24.3 Å². The molecule has 1 aromatic carbocycles. The molecule has 0 amide bonds. The zero-order valence-corrected chi connectivity index (χ0v) is 12.2. The van der Waals surface area contributed by atoms with Gasteiger partial charge in [0.2, 0.25) is 0 Å². The summed E-state index contributed by atoms with van der Waals surface area (Å²) < 4.78 is 17.5. The van der Waals surface area contributed by atoms with E-state index in [4.69, 9.17) is 9.52 Å². The number of aromatic carboxylic acids is 1. The Hall–Kier alpha value is -1.88. The summed E-state index contributed by atoms with van der Waals surface area (Å²) in [5.74, 6) is 0.437. The molecule has 2 rings (SSSR count). The molecule has 2 aromatic rings. The molecule has 0 aliphatic heterocycles. The van der Waals surface area contributed by atoms with Crippen molar-refractivity contribution in [2.45, 2.75) is 25.4 Å². The van der Waals surface area contributed by atoms with Crippen LogP contribution in [0.25, 0.3) is 0 Å². The summed E-state index contributed by atoms with van der Waals surface area (Å²) in [4.78, 5) is 10.9. The van der Waals surface area contributed by atoms with Gasteiger partial charge in [-0.3, -0.25) is 4.21 Å². The molecule has 0 spiro atoms. The minimum atomic E-state index is -1.13. The molecule has 0 aliphatic rings. The van der Waals surface area contributed by atoms with E-state index in [0.29, 0.717) is 17.3 Å². The van der Waals surface area contributed by atoms with Gasteiger partial charge in [0.25, 0.3) is 0 Å². The van der Waals surface area contributed by atoms with Crippen LogP contribution >= 0.6 is 0 Å². The molecule has 1 heterocycles. The van der Waals surface area contributed by atoms with E-state index in [1.807, 2.05) is 31.2 Å². The first-order valence-electron chi connectivity index (χ1n) is 6.19. The Labute approximate surface area is 119 Å². The Morgan fingerprint density at radius 3 is 2.55 bits per heavy atom. The smallest absolute Gasteiger partial charge is 0.339 e. The normalized spacial score (nSPS) is 12.3. The van der Waals surface area contributed by atoms with Crippen LogP contribution in [0, 0.1) is 13.8 Å². The van der Waals surface area contributed by atoms with Crippen LogP contribution in [0.1, 0.15) is 33.0 Å². The molecule has 0 saturated carbocycles. The Morgan fingerprint density at radius 2 is 1.95 bits per heavy atom. The number of carboxylic acid groups (broad SMARTS) is 1. The van der Waals surface area contributed by atoms with Crippen molar-refractivity contribution >= 4 is 16.8 Å². The van der Waals surface area contributed by atoms with Crippen molar-refractivity contribution in [3.63, 3.8) is 0 Å². The fraction of sp³-hybridized carbons (Fsp3) is 0.267. The molecule has 1 N–H and O–H groups in total. The van der Waals surface area contributed by atoms with Gasteiger partial charge in [-0.15, -0.1) is 0 Å². The van der Waals surface area contributed by atoms with Gasteiger partial charge >= 0.3 is 5.97 Å². The zero-order chi connectivity index (χ0) is 14.7. The summed E-state index contributed by atoms with van der Waals surface area (Å²) >= 11 is 0. The van der Waals surface area contributed by atoms with Crippen molar-refractivity contribution < 1.29 is 18.5 Å². The third-order valence-corrected chi connectivity index (χ3v) is 4.32. The van der Waals surface area contributed by atoms with Crippen molar-refractivity contribution in [1.29, 1.82) is 0 Å². The highest BCUT2D eigenvalue weighted by Gasteiger charge is 2.15. The zero-order valence-electron chi connectivity index (χ0n) is 11.4. The van der Waals surface area contributed by atoms with Crippen molar-refractivity contribution in [3.05, 3.63) is 58.5 Å². The molecule has 1 atom stereocenters. The van der Waals surface area contributed by atoms with Crippen LogP contribution in [0.3, 0.4) is 0 Å². The highest BCUT2D eigenvalue weighted by Crippen LogP contribution is 2.18. The number of hydrogen-bond acceptors (Lipinski definition) is 3. The van der Waals surface area contributed by atoms with Crippen LogP contribution in [-0.2, 0) is 22.3 Å². The quantitative estimate of drug-likeness (QED) is 0.919. The standard InChI is InChI=1S/C15H16O4S/c1-10-5-3-4-6-12(10)8-20(18)9-13-7-14(15(16)17)11(2)19-13/h3-7H,8-9H2,1-2H3,(H,16,17). The van der Waals surface area contributed by atoms with Gasteiger partial charge < -0.3 is 9.52 Å². The summed E-state index contributed by atoms with van der Waals surface area (Å²) in [5.41, 5.74) is 2.27. The monoisotopic (exact) mass is 292 g/mol. The number of furan rings is 1. The molecule has 20 heavy (non-hydrogen) atoms. The highest BCUT2D eigenvalue weighted by molar-refractivity contribution is 7.83. The third-order valence-electron chi connectivity index (χ3n) is 3.08. The second-order valence-corrected chi connectivity index (χ2v) is 6.10. The number of rotatable bonds is 5. The number of aryl methyl sites for hydroxylation is 2. The van der Waals surface area contributed by atoms with E-state index < -0.39 is 16.8 Å². The fourth-order valence-corrected chi connectivity index (χ4v) is 3.21. The summed E-state index contributed by atoms with van der Waals surface area (Å²) in [5, 5.41) is 8.95. The largest absolute Gasteiger partial charge is 0.478 e. The van der Waals surface area contributed by atoms with Gasteiger partial charge in [0.1, 0.15) is 17.1 Å². The van der Waals surface area contributed by atoms with E-state index in [-0.39, 0.29) is 11.3 Å². The number of carbonyl (C=O) groups is 1. The molecule has 0 bridgehead atoms. The Morgan fingerprint density at radius 1 is 1.25 bits per heavy atom. The molecule has 5 heteroatoms. The van der Waals surface area contributed by atoms with Crippen molar-refractivity contribution in [3.8, 4) is 0 Å². The van der Waals surface area contributed by atoms with Gasteiger partial charge in [-0.25, -0.2) is 4.79 Å². The molecule has 0 aliphatic carbocycles. The predicted molar refractivity (Wildman–Crippen MR) is 77.1 cm³/mol. The molecular formula is C15H16O4S. The molecule has 0 fully saturated rings. The minimum Gasteiger partial charge on any atom is -0.478 e. The SMILES string of the molecule is Cc1ccccc1CS(=O)Cc1cc(C(=O)O)c(C)o1. The molecular weight excluding hydrogens is 276 g/mol. The van der Waals surface area contributed by atoms with Gasteiger partial charge in [0, 0.05) is 16.6 Å². The fourth-order valence-electron chi connectivity index (χ4n) is 1.98. The molecule has 1 aromatic heterocycles. The second-order valence-electron chi connectivity index (χ2n) is 4.64. The summed E-state index contributed by atoms with van der Waals surface area (Å²) in [6.07, 6.45) is 0. The third kappa shape index (κ3) is 3.36. The van der Waals surface area contributed by atoms with Crippen LogP contribution in [0.15, 0.2) is 34.7 Å². The average molecular weight is 292 g/mol. The van der Waals surface area contributed by atoms with E-state index in [1.54, 1.807) is 6.92 Å². The predicted octanol–water partition coefficient (Wildman–Crippen LogP) is 3.04. The molecule has 1 unspecified atom stereocenters. The molecule has 4 nitrogen and oxygen atoms in total. The maximum atomic E-state index is 12.1. The lowest BCUT2D eigenvalue weighted by Crippen LogP contribution is -2.00. The first-order chi connectivity index (χ1) is 9.47. The maximum Gasteiger partial charge on any atom is 0.339 e. The lowest BCUT2D eigenvalue weighted by atomic mass is 10.1. The van der Waals surface area contributed by atoms with E-state index in [2.05, 4.69) is 0 Å². The van der Waals surface area contributed by atoms with Gasteiger partial charge in [-0.2, -0.15) is 0 Å². The maximum absolute atomic E-state index is 12.1. The molecule has 106 valence electrons. The van der Waals surface area contributed by atoms with Gasteiger partial charge in [0.15, 0.2) is 0 Å². The minimum absolute atomic E-state index is 0.132. The van der Waals surface area contributed by atoms with Crippen LogP contribution in [0.2, 0.25) is 0 Å². The van der Waals surface area contributed by atoms with E-state index >= 15 is 0 Å². The summed E-state index contributed by atoms with van der Waals surface area (Å²) in [7, 11) is -1.13. The Bertz CT molecular complexity index is 658. The number of hydrogen-bond donors (Lipinski definition) is 1. The Kier molecular flexibility index (Phi) is 4.39. The second kappa shape index (κ2) is 6.05. The lowest BCUT2D eigenvalue weighted by molar-refractivity contribution is 0.0695. The van der Waals surface area contributed by atoms with Crippen LogP contribution in [-0.4, -0.2) is 15.3 Å². The highest BCUT2D eigenvalue weighted by atomic mass is 32.2. The first kappa shape index (κ1) is 14.5.